The maximum absolute atomic E-state index is 14.2. The molecular weight excluding hydrogens is 506 g/mol. The van der Waals surface area contributed by atoms with Crippen molar-refractivity contribution in [2.75, 3.05) is 25.5 Å². The zero-order chi connectivity index (χ0) is 27.1. The highest BCUT2D eigenvalue weighted by Crippen LogP contribution is 2.32. The van der Waals surface area contributed by atoms with E-state index in [9.17, 15) is 18.4 Å². The normalized spacial score (nSPS) is 13.8. The van der Waals surface area contributed by atoms with Crippen LogP contribution in [0.3, 0.4) is 0 Å². The van der Waals surface area contributed by atoms with E-state index in [0.29, 0.717) is 12.5 Å². The van der Waals surface area contributed by atoms with Crippen LogP contribution in [0.4, 0.5) is 14.5 Å². The monoisotopic (exact) mass is 538 g/mol. The maximum Gasteiger partial charge on any atom is 0.256 e. The molecule has 0 radical (unpaired) electrons. The third kappa shape index (κ3) is 6.96. The molecule has 38 heavy (non-hydrogen) atoms. The van der Waals surface area contributed by atoms with Crippen LogP contribution in [0.1, 0.15) is 59.6 Å². The molecule has 0 unspecified atom stereocenters. The highest BCUT2D eigenvalue weighted by molar-refractivity contribution is 7.97. The van der Waals surface area contributed by atoms with E-state index >= 15 is 0 Å². The summed E-state index contributed by atoms with van der Waals surface area (Å²) < 4.78 is 31.2. The average Bonchev–Trinajstić information content (AvgIpc) is 2.94. The van der Waals surface area contributed by atoms with Gasteiger partial charge in [-0.15, -0.1) is 0 Å². The average molecular weight is 539 g/mol. The maximum atomic E-state index is 14.2. The summed E-state index contributed by atoms with van der Waals surface area (Å²) in [7, 11) is 2.93. The number of benzene rings is 2. The van der Waals surface area contributed by atoms with Gasteiger partial charge in [0.15, 0.2) is 11.6 Å². The molecule has 0 aliphatic heterocycles. The SMILES string of the molecule is CN(C)C(=O)c1cc(SNCC(=O)N(Cc2ccc(C3CCCCC3)cn2)c2ccccc2)cc(F)c1F. The van der Waals surface area contributed by atoms with Crippen molar-refractivity contribution in [3.63, 3.8) is 0 Å². The largest absolute Gasteiger partial charge is 0.345 e. The topological polar surface area (TPSA) is 65.5 Å². The third-order valence-electron chi connectivity index (χ3n) is 6.66. The fourth-order valence-corrected chi connectivity index (χ4v) is 5.30. The highest BCUT2D eigenvalue weighted by atomic mass is 32.2. The molecule has 6 nitrogen and oxygen atoms in total. The van der Waals surface area contributed by atoms with Gasteiger partial charge >= 0.3 is 0 Å². The smallest absolute Gasteiger partial charge is 0.256 e. The minimum Gasteiger partial charge on any atom is -0.345 e. The van der Waals surface area contributed by atoms with Gasteiger partial charge in [-0.3, -0.25) is 19.3 Å². The summed E-state index contributed by atoms with van der Waals surface area (Å²) in [6.45, 7) is 0.225. The highest BCUT2D eigenvalue weighted by Gasteiger charge is 2.21. The molecule has 1 aliphatic carbocycles. The first-order chi connectivity index (χ1) is 18.3. The van der Waals surface area contributed by atoms with Gasteiger partial charge in [-0.2, -0.15) is 0 Å². The Kier molecular flexibility index (Phi) is 9.47. The number of nitrogens with one attached hydrogen (secondary N) is 1. The van der Waals surface area contributed by atoms with Gasteiger partial charge in [0.2, 0.25) is 5.91 Å². The number of anilines is 1. The zero-order valence-electron chi connectivity index (χ0n) is 21.6. The Bertz CT molecular complexity index is 1250. The van der Waals surface area contributed by atoms with Crippen molar-refractivity contribution >= 4 is 29.4 Å². The Balaban J connectivity index is 1.43. The molecule has 1 aliphatic rings. The molecule has 3 aromatic rings. The van der Waals surface area contributed by atoms with E-state index in [1.54, 1.807) is 4.90 Å². The molecule has 1 heterocycles. The second-order valence-electron chi connectivity index (χ2n) is 9.62. The number of hydrogen-bond donors (Lipinski definition) is 1. The lowest BCUT2D eigenvalue weighted by molar-refractivity contribution is -0.117. The molecule has 1 aromatic heterocycles. The van der Waals surface area contributed by atoms with E-state index in [0.717, 1.165) is 29.4 Å². The fourth-order valence-electron chi connectivity index (χ4n) is 4.60. The molecule has 1 N–H and O–H groups in total. The lowest BCUT2D eigenvalue weighted by Crippen LogP contribution is -2.36. The molecule has 4 rings (SSSR count). The standard InChI is InChI=1S/C29H32F2N4O2S/c1-34(2)29(37)25-15-24(16-26(30)28(25)31)38-33-18-27(36)35(23-11-7-4-8-12-23)19-22-14-13-21(17-32-22)20-9-5-3-6-10-20/h4,7-8,11-17,20,33H,3,5-6,9-10,18-19H2,1-2H3. The summed E-state index contributed by atoms with van der Waals surface area (Å²) in [6, 6.07) is 15.7. The van der Waals surface area contributed by atoms with E-state index in [1.807, 2.05) is 42.6 Å². The number of para-hydroxylation sites is 1. The molecule has 2 amide bonds. The number of carbonyl (C=O) groups is 2. The van der Waals surface area contributed by atoms with Crippen molar-refractivity contribution in [2.24, 2.45) is 0 Å². The summed E-state index contributed by atoms with van der Waals surface area (Å²) in [4.78, 5) is 33.2. The van der Waals surface area contributed by atoms with Crippen molar-refractivity contribution in [2.45, 2.75) is 49.5 Å². The van der Waals surface area contributed by atoms with Gasteiger partial charge in [0, 0.05) is 30.9 Å². The Morgan fingerprint density at radius 2 is 1.76 bits per heavy atom. The van der Waals surface area contributed by atoms with Crippen molar-refractivity contribution < 1.29 is 18.4 Å². The van der Waals surface area contributed by atoms with E-state index in [-0.39, 0.29) is 22.9 Å². The summed E-state index contributed by atoms with van der Waals surface area (Å²) in [5, 5.41) is 0. The predicted octanol–water partition coefficient (Wildman–Crippen LogP) is 5.94. The minimum absolute atomic E-state index is 0.0737. The molecular formula is C29H32F2N4O2S. The summed E-state index contributed by atoms with van der Waals surface area (Å²) in [5.41, 5.74) is 2.40. The Labute approximate surface area is 226 Å². The first kappa shape index (κ1) is 27.7. The van der Waals surface area contributed by atoms with Crippen LogP contribution < -0.4 is 9.62 Å². The zero-order valence-corrected chi connectivity index (χ0v) is 22.4. The second-order valence-corrected chi connectivity index (χ2v) is 10.6. The number of hydrogen-bond acceptors (Lipinski definition) is 5. The Morgan fingerprint density at radius 1 is 1.03 bits per heavy atom. The minimum atomic E-state index is -1.19. The molecule has 200 valence electrons. The van der Waals surface area contributed by atoms with Crippen LogP contribution >= 0.6 is 11.9 Å². The number of aromatic nitrogens is 1. The first-order valence-corrected chi connectivity index (χ1v) is 13.6. The van der Waals surface area contributed by atoms with Crippen LogP contribution in [0.25, 0.3) is 0 Å². The van der Waals surface area contributed by atoms with Gasteiger partial charge in [-0.05, 0) is 66.6 Å². The van der Waals surface area contributed by atoms with Gasteiger partial charge in [0.05, 0.1) is 24.3 Å². The van der Waals surface area contributed by atoms with E-state index < -0.39 is 17.5 Å². The van der Waals surface area contributed by atoms with Crippen molar-refractivity contribution in [1.82, 2.24) is 14.6 Å². The molecule has 1 saturated carbocycles. The lowest BCUT2D eigenvalue weighted by Gasteiger charge is -2.24. The Morgan fingerprint density at radius 3 is 2.42 bits per heavy atom. The van der Waals surface area contributed by atoms with Gasteiger partial charge in [-0.1, -0.05) is 43.5 Å². The molecule has 0 bridgehead atoms. The van der Waals surface area contributed by atoms with Crippen LogP contribution in [-0.4, -0.2) is 42.3 Å². The van der Waals surface area contributed by atoms with Crippen LogP contribution in [0.2, 0.25) is 0 Å². The van der Waals surface area contributed by atoms with Gasteiger partial charge < -0.3 is 9.80 Å². The molecule has 0 atom stereocenters. The summed E-state index contributed by atoms with van der Waals surface area (Å²) in [5.74, 6) is -2.61. The molecule has 2 aromatic carbocycles. The molecule has 1 fully saturated rings. The second kappa shape index (κ2) is 13.0. The van der Waals surface area contributed by atoms with Gasteiger partial charge in [0.1, 0.15) is 0 Å². The van der Waals surface area contributed by atoms with E-state index in [1.165, 1.54) is 62.7 Å². The molecule has 9 heteroatoms. The number of pyridine rings is 1. The summed E-state index contributed by atoms with van der Waals surface area (Å²) in [6.07, 6.45) is 8.14. The molecule has 0 saturated heterocycles. The fraction of sp³-hybridized carbons (Fsp3) is 0.345. The van der Waals surface area contributed by atoms with E-state index in [4.69, 9.17) is 0 Å². The first-order valence-electron chi connectivity index (χ1n) is 12.7. The van der Waals surface area contributed by atoms with Crippen molar-refractivity contribution in [1.29, 1.82) is 0 Å². The predicted molar refractivity (Wildman–Crippen MR) is 146 cm³/mol. The number of carbonyl (C=O) groups excluding carboxylic acids is 2. The molecule has 0 spiro atoms. The number of halogens is 2. The van der Waals surface area contributed by atoms with Crippen LogP contribution in [0.5, 0.6) is 0 Å². The quantitative estimate of drug-likeness (QED) is 0.342. The lowest BCUT2D eigenvalue weighted by atomic mass is 9.85. The van der Waals surface area contributed by atoms with Crippen LogP contribution in [0, 0.1) is 11.6 Å². The van der Waals surface area contributed by atoms with Crippen molar-refractivity contribution in [3.05, 3.63) is 89.2 Å². The van der Waals surface area contributed by atoms with Crippen LogP contribution in [0.15, 0.2) is 65.7 Å². The number of amides is 2. The van der Waals surface area contributed by atoms with Gasteiger partial charge in [-0.25, -0.2) is 8.78 Å². The van der Waals surface area contributed by atoms with Crippen molar-refractivity contribution in [3.8, 4) is 0 Å². The van der Waals surface area contributed by atoms with Gasteiger partial charge in [0.25, 0.3) is 5.91 Å². The number of rotatable bonds is 9. The van der Waals surface area contributed by atoms with Crippen LogP contribution in [-0.2, 0) is 11.3 Å². The van der Waals surface area contributed by atoms with E-state index in [2.05, 4.69) is 15.8 Å². The third-order valence-corrected chi connectivity index (χ3v) is 7.43. The Hall–Kier alpha value is -3.30. The number of nitrogens with zero attached hydrogens (tertiary/aromatic N) is 3. The summed E-state index contributed by atoms with van der Waals surface area (Å²) >= 11 is 0.961.